The Morgan fingerprint density at radius 2 is 1.68 bits per heavy atom. The van der Waals surface area contributed by atoms with E-state index in [1.807, 2.05) is 18.2 Å². The van der Waals surface area contributed by atoms with Gasteiger partial charge in [0.15, 0.2) is 0 Å². The highest BCUT2D eigenvalue weighted by Gasteiger charge is 2.38. The van der Waals surface area contributed by atoms with Crippen LogP contribution in [0.5, 0.6) is 0 Å². The van der Waals surface area contributed by atoms with Crippen LogP contribution < -0.4 is 0 Å². The highest BCUT2D eigenvalue weighted by Crippen LogP contribution is 2.25. The predicted octanol–water partition coefficient (Wildman–Crippen LogP) is 2.84. The van der Waals surface area contributed by atoms with Gasteiger partial charge in [-0.25, -0.2) is 9.59 Å². The molecule has 0 radical (unpaired) electrons. The summed E-state index contributed by atoms with van der Waals surface area (Å²) in [6.45, 7) is 3.00. The van der Waals surface area contributed by atoms with Gasteiger partial charge in [-0.15, -0.1) is 0 Å². The molecule has 1 aliphatic rings. The van der Waals surface area contributed by atoms with Gasteiger partial charge >= 0.3 is 11.9 Å². The Hall–Kier alpha value is -3.46. The topological polar surface area (TPSA) is 89.3 Å². The van der Waals surface area contributed by atoms with E-state index in [0.29, 0.717) is 11.1 Å². The predicted molar refractivity (Wildman–Crippen MR) is 88.6 cm³/mol. The molecule has 1 fully saturated rings. The molecule has 25 heavy (non-hydrogen) atoms. The molecule has 0 bridgehead atoms. The van der Waals surface area contributed by atoms with Gasteiger partial charge in [-0.3, -0.25) is 4.98 Å². The fourth-order valence-corrected chi connectivity index (χ4v) is 2.38. The van der Waals surface area contributed by atoms with Gasteiger partial charge in [0.1, 0.15) is 11.6 Å². The molecule has 124 valence electrons. The first-order chi connectivity index (χ1) is 11.9. The molecule has 1 saturated heterocycles. The van der Waals surface area contributed by atoms with Crippen molar-refractivity contribution in [3.8, 4) is 17.2 Å². The largest absolute Gasteiger partial charge is 0.419 e. The SMILES string of the molecule is CC1(C)OC(=O)C(=Cc2ccc(-c3cncc(C#N)c3)cc2)C(=O)O1. The van der Waals surface area contributed by atoms with Gasteiger partial charge in [0.25, 0.3) is 5.79 Å². The van der Waals surface area contributed by atoms with Crippen molar-refractivity contribution in [3.63, 3.8) is 0 Å². The summed E-state index contributed by atoms with van der Waals surface area (Å²) in [5.74, 6) is -2.68. The number of aromatic nitrogens is 1. The number of rotatable bonds is 2. The Kier molecular flexibility index (Phi) is 4.07. The molecule has 0 spiro atoms. The number of cyclic esters (lactones) is 2. The number of nitrogens with zero attached hydrogens (tertiary/aromatic N) is 2. The first-order valence-electron chi connectivity index (χ1n) is 7.52. The second kappa shape index (κ2) is 6.21. The summed E-state index contributed by atoms with van der Waals surface area (Å²) in [4.78, 5) is 27.9. The maximum atomic E-state index is 12.0. The maximum absolute atomic E-state index is 12.0. The zero-order valence-corrected chi connectivity index (χ0v) is 13.6. The van der Waals surface area contributed by atoms with Crippen LogP contribution in [-0.2, 0) is 19.1 Å². The quantitative estimate of drug-likeness (QED) is 0.476. The van der Waals surface area contributed by atoms with E-state index in [4.69, 9.17) is 14.7 Å². The van der Waals surface area contributed by atoms with Crippen molar-refractivity contribution in [2.24, 2.45) is 0 Å². The molecule has 6 heteroatoms. The summed E-state index contributed by atoms with van der Waals surface area (Å²) in [5.41, 5.74) is 2.63. The zero-order valence-electron chi connectivity index (χ0n) is 13.6. The highest BCUT2D eigenvalue weighted by atomic mass is 16.7. The lowest BCUT2D eigenvalue weighted by atomic mass is 10.0. The van der Waals surface area contributed by atoms with E-state index in [1.165, 1.54) is 26.1 Å². The molecular weight excluding hydrogens is 320 g/mol. The Morgan fingerprint density at radius 3 is 2.28 bits per heavy atom. The van der Waals surface area contributed by atoms with Gasteiger partial charge < -0.3 is 9.47 Å². The van der Waals surface area contributed by atoms with E-state index in [1.54, 1.807) is 24.4 Å². The minimum atomic E-state index is -1.26. The zero-order chi connectivity index (χ0) is 18.0. The van der Waals surface area contributed by atoms with Crippen LogP contribution in [0.25, 0.3) is 17.2 Å². The number of esters is 2. The van der Waals surface area contributed by atoms with Crippen molar-refractivity contribution < 1.29 is 19.1 Å². The molecule has 2 aromatic rings. The van der Waals surface area contributed by atoms with E-state index in [2.05, 4.69) is 4.98 Å². The number of ether oxygens (including phenoxy) is 2. The number of pyridine rings is 1. The maximum Gasteiger partial charge on any atom is 0.348 e. The molecule has 0 atom stereocenters. The molecule has 1 aromatic carbocycles. The van der Waals surface area contributed by atoms with Crippen LogP contribution in [0, 0.1) is 11.3 Å². The van der Waals surface area contributed by atoms with Crippen molar-refractivity contribution in [2.45, 2.75) is 19.6 Å². The molecule has 6 nitrogen and oxygen atoms in total. The van der Waals surface area contributed by atoms with E-state index >= 15 is 0 Å². The van der Waals surface area contributed by atoms with Crippen LogP contribution in [-0.4, -0.2) is 22.7 Å². The molecular formula is C19H14N2O4. The third-order valence-corrected chi connectivity index (χ3v) is 3.54. The van der Waals surface area contributed by atoms with Gasteiger partial charge in [-0.1, -0.05) is 24.3 Å². The Balaban J connectivity index is 1.87. The number of benzene rings is 1. The summed E-state index contributed by atoms with van der Waals surface area (Å²) >= 11 is 0. The number of carbonyl (C=O) groups is 2. The Labute approximate surface area is 144 Å². The average molecular weight is 334 g/mol. The molecule has 0 N–H and O–H groups in total. The summed E-state index contributed by atoms with van der Waals surface area (Å²) < 4.78 is 10.1. The van der Waals surface area contributed by atoms with Gasteiger partial charge in [0.05, 0.1) is 5.56 Å². The van der Waals surface area contributed by atoms with Crippen molar-refractivity contribution in [1.29, 1.82) is 5.26 Å². The van der Waals surface area contributed by atoms with Crippen LogP contribution in [0.2, 0.25) is 0 Å². The normalized spacial score (nSPS) is 15.8. The van der Waals surface area contributed by atoms with Crippen LogP contribution in [0.3, 0.4) is 0 Å². The summed E-state index contributed by atoms with van der Waals surface area (Å²) in [7, 11) is 0. The average Bonchev–Trinajstić information content (AvgIpc) is 2.58. The van der Waals surface area contributed by atoms with E-state index < -0.39 is 17.7 Å². The van der Waals surface area contributed by atoms with Crippen molar-refractivity contribution in [2.75, 3.05) is 0 Å². The highest BCUT2D eigenvalue weighted by molar-refractivity contribution is 6.18. The first-order valence-corrected chi connectivity index (χ1v) is 7.52. The van der Waals surface area contributed by atoms with Crippen LogP contribution >= 0.6 is 0 Å². The smallest absolute Gasteiger partial charge is 0.348 e. The standard InChI is InChI=1S/C19H14N2O4/c1-19(2)24-17(22)16(18(23)25-19)8-12-3-5-14(6-4-12)15-7-13(9-20)10-21-11-15/h3-8,10-11H,1-2H3. The van der Waals surface area contributed by atoms with E-state index in [9.17, 15) is 9.59 Å². The number of carbonyl (C=O) groups excluding carboxylic acids is 2. The lowest BCUT2D eigenvalue weighted by molar-refractivity contribution is -0.222. The number of hydrogen-bond acceptors (Lipinski definition) is 6. The summed E-state index contributed by atoms with van der Waals surface area (Å²) in [6.07, 6.45) is 4.57. The van der Waals surface area contributed by atoms with Crippen molar-refractivity contribution in [3.05, 3.63) is 59.4 Å². The molecule has 1 aromatic heterocycles. The van der Waals surface area contributed by atoms with E-state index in [-0.39, 0.29) is 5.57 Å². The van der Waals surface area contributed by atoms with Crippen LogP contribution in [0.4, 0.5) is 0 Å². The molecule has 0 saturated carbocycles. The molecule has 3 rings (SSSR count). The molecule has 1 aliphatic heterocycles. The monoisotopic (exact) mass is 334 g/mol. The first kappa shape index (κ1) is 16.4. The second-order valence-electron chi connectivity index (χ2n) is 5.93. The second-order valence-corrected chi connectivity index (χ2v) is 5.93. The van der Waals surface area contributed by atoms with Gasteiger partial charge in [-0.05, 0) is 23.3 Å². The number of nitriles is 1. The fourth-order valence-electron chi connectivity index (χ4n) is 2.38. The van der Waals surface area contributed by atoms with Gasteiger partial charge in [0, 0.05) is 31.8 Å². The lowest BCUT2D eigenvalue weighted by Crippen LogP contribution is -2.41. The third kappa shape index (κ3) is 3.56. The Bertz CT molecular complexity index is 899. The number of hydrogen-bond donors (Lipinski definition) is 0. The van der Waals surface area contributed by atoms with Crippen LogP contribution in [0.1, 0.15) is 25.0 Å². The third-order valence-electron chi connectivity index (χ3n) is 3.54. The minimum absolute atomic E-state index is 0.153. The van der Waals surface area contributed by atoms with Crippen molar-refractivity contribution in [1.82, 2.24) is 4.98 Å². The van der Waals surface area contributed by atoms with Crippen LogP contribution in [0.15, 0.2) is 48.3 Å². The molecule has 2 heterocycles. The van der Waals surface area contributed by atoms with Gasteiger partial charge in [-0.2, -0.15) is 5.26 Å². The minimum Gasteiger partial charge on any atom is -0.419 e. The van der Waals surface area contributed by atoms with Gasteiger partial charge in [0.2, 0.25) is 0 Å². The lowest BCUT2D eigenvalue weighted by Gasteiger charge is -2.29. The summed E-state index contributed by atoms with van der Waals surface area (Å²) in [6, 6.07) is 10.9. The molecule has 0 aliphatic carbocycles. The fraction of sp³-hybridized carbons (Fsp3) is 0.158. The molecule has 0 amide bonds. The Morgan fingerprint density at radius 1 is 1.04 bits per heavy atom. The van der Waals surface area contributed by atoms with E-state index in [0.717, 1.165) is 11.1 Å². The molecule has 0 unspecified atom stereocenters. The summed E-state index contributed by atoms with van der Waals surface area (Å²) in [5, 5.41) is 8.94. The van der Waals surface area contributed by atoms with Crippen molar-refractivity contribution >= 4 is 18.0 Å².